The second kappa shape index (κ2) is 6.50. The van der Waals surface area contributed by atoms with Crippen LogP contribution in [0.1, 0.15) is 19.8 Å². The number of nitrogens with zero attached hydrogens (tertiary/aromatic N) is 2. The molecule has 0 aliphatic carbocycles. The van der Waals surface area contributed by atoms with Crippen molar-refractivity contribution >= 4 is 23.4 Å². The smallest absolute Gasteiger partial charge is 0.207 e. The molecule has 0 aliphatic heterocycles. The van der Waals surface area contributed by atoms with Crippen LogP contribution in [0.3, 0.4) is 0 Å². The molecule has 0 spiro atoms. The fourth-order valence-electron chi connectivity index (χ4n) is 1.81. The minimum atomic E-state index is 0.921. The number of nitrogens with one attached hydrogen (secondary N) is 1. The number of aryl methyl sites for hydroxylation is 1. The molecule has 1 heterocycles. The molecule has 1 N–H and O–H groups in total. The predicted octanol–water partition coefficient (Wildman–Crippen LogP) is 4.15. The van der Waals surface area contributed by atoms with Crippen LogP contribution >= 0.6 is 11.8 Å². The number of hydrogen-bond acceptors (Lipinski definition) is 3. The van der Waals surface area contributed by atoms with Crippen molar-refractivity contribution in [2.75, 3.05) is 11.6 Å². The highest BCUT2D eigenvalue weighted by Gasteiger charge is 2.05. The third kappa shape index (κ3) is 3.07. The highest BCUT2D eigenvalue weighted by Crippen LogP contribution is 2.27. The fourth-order valence-corrected chi connectivity index (χ4v) is 2.36. The van der Waals surface area contributed by atoms with E-state index in [9.17, 15) is 0 Å². The molecule has 96 valence electrons. The lowest BCUT2D eigenvalue weighted by Crippen LogP contribution is -2.03. The summed E-state index contributed by atoms with van der Waals surface area (Å²) in [5, 5.41) is 3.41. The SMILES string of the molecule is CCCCn1ccnc1Nc1ccccc1SC. The molecule has 3 nitrogen and oxygen atoms in total. The molecule has 1 aromatic heterocycles. The third-order valence-electron chi connectivity index (χ3n) is 2.82. The average molecular weight is 261 g/mol. The highest BCUT2D eigenvalue weighted by molar-refractivity contribution is 7.98. The zero-order chi connectivity index (χ0) is 12.8. The summed E-state index contributed by atoms with van der Waals surface area (Å²) in [4.78, 5) is 5.62. The van der Waals surface area contributed by atoms with Crippen molar-refractivity contribution in [3.8, 4) is 0 Å². The lowest BCUT2D eigenvalue weighted by molar-refractivity contribution is 0.638. The quantitative estimate of drug-likeness (QED) is 0.792. The molecule has 0 unspecified atom stereocenters. The van der Waals surface area contributed by atoms with Crippen LogP contribution in [0.2, 0.25) is 0 Å². The number of aromatic nitrogens is 2. The Bertz CT molecular complexity index is 493. The van der Waals surface area contributed by atoms with E-state index in [0.717, 1.165) is 18.2 Å². The van der Waals surface area contributed by atoms with Gasteiger partial charge in [0.1, 0.15) is 0 Å². The van der Waals surface area contributed by atoms with Crippen molar-refractivity contribution in [2.45, 2.75) is 31.2 Å². The van der Waals surface area contributed by atoms with Crippen LogP contribution in [0.15, 0.2) is 41.6 Å². The Morgan fingerprint density at radius 1 is 1.33 bits per heavy atom. The van der Waals surface area contributed by atoms with Crippen molar-refractivity contribution in [1.29, 1.82) is 0 Å². The van der Waals surface area contributed by atoms with Gasteiger partial charge in [-0.15, -0.1) is 11.8 Å². The van der Waals surface area contributed by atoms with Gasteiger partial charge in [0.15, 0.2) is 0 Å². The average Bonchev–Trinajstić information content (AvgIpc) is 2.84. The highest BCUT2D eigenvalue weighted by atomic mass is 32.2. The Labute approximate surface area is 113 Å². The summed E-state index contributed by atoms with van der Waals surface area (Å²) in [5.41, 5.74) is 1.12. The van der Waals surface area contributed by atoms with E-state index < -0.39 is 0 Å². The van der Waals surface area contributed by atoms with Gasteiger partial charge in [-0.05, 0) is 24.8 Å². The molecule has 0 bridgehead atoms. The Morgan fingerprint density at radius 2 is 2.17 bits per heavy atom. The summed E-state index contributed by atoms with van der Waals surface area (Å²) in [6.07, 6.45) is 8.33. The Morgan fingerprint density at radius 3 is 2.94 bits per heavy atom. The number of benzene rings is 1. The van der Waals surface area contributed by atoms with E-state index in [0.29, 0.717) is 0 Å². The third-order valence-corrected chi connectivity index (χ3v) is 3.62. The standard InChI is InChI=1S/C14H19N3S/c1-3-4-10-17-11-9-15-14(17)16-12-7-5-6-8-13(12)18-2/h5-9,11H,3-4,10H2,1-2H3,(H,15,16). The number of imidazole rings is 1. The van der Waals surface area contributed by atoms with Crippen molar-refractivity contribution in [2.24, 2.45) is 0 Å². The molecule has 1 aromatic carbocycles. The monoisotopic (exact) mass is 261 g/mol. The van der Waals surface area contributed by atoms with Gasteiger partial charge in [0.25, 0.3) is 0 Å². The second-order valence-electron chi connectivity index (χ2n) is 4.12. The maximum absolute atomic E-state index is 4.38. The van der Waals surface area contributed by atoms with E-state index in [4.69, 9.17) is 0 Å². The van der Waals surface area contributed by atoms with Gasteiger partial charge >= 0.3 is 0 Å². The minimum absolute atomic E-state index is 0.921. The molecule has 0 saturated carbocycles. The second-order valence-corrected chi connectivity index (χ2v) is 4.97. The Balaban J connectivity index is 2.15. The molecule has 0 atom stereocenters. The normalized spacial score (nSPS) is 10.6. The first kappa shape index (κ1) is 13.0. The first-order valence-corrected chi connectivity index (χ1v) is 7.48. The minimum Gasteiger partial charge on any atom is -0.325 e. The van der Waals surface area contributed by atoms with Crippen molar-refractivity contribution in [3.05, 3.63) is 36.7 Å². The van der Waals surface area contributed by atoms with E-state index in [2.05, 4.69) is 46.2 Å². The number of rotatable bonds is 6. The Hall–Kier alpha value is -1.42. The van der Waals surface area contributed by atoms with Gasteiger partial charge in [0.05, 0.1) is 5.69 Å². The zero-order valence-corrected chi connectivity index (χ0v) is 11.7. The van der Waals surface area contributed by atoms with Gasteiger partial charge in [-0.1, -0.05) is 25.5 Å². The van der Waals surface area contributed by atoms with E-state index >= 15 is 0 Å². The number of hydrogen-bond donors (Lipinski definition) is 1. The number of anilines is 2. The molecule has 0 radical (unpaired) electrons. The van der Waals surface area contributed by atoms with Gasteiger partial charge < -0.3 is 9.88 Å². The molecule has 4 heteroatoms. The zero-order valence-electron chi connectivity index (χ0n) is 10.9. The topological polar surface area (TPSA) is 29.9 Å². The molecular weight excluding hydrogens is 242 g/mol. The first-order chi connectivity index (χ1) is 8.85. The van der Waals surface area contributed by atoms with Gasteiger partial charge in [-0.25, -0.2) is 4.98 Å². The summed E-state index contributed by atoms with van der Waals surface area (Å²) in [5.74, 6) is 0.921. The van der Waals surface area contributed by atoms with Crippen LogP contribution in [0.25, 0.3) is 0 Å². The summed E-state index contributed by atoms with van der Waals surface area (Å²) in [6, 6.07) is 8.30. The maximum Gasteiger partial charge on any atom is 0.207 e. The van der Waals surface area contributed by atoms with Crippen molar-refractivity contribution in [1.82, 2.24) is 9.55 Å². The Kier molecular flexibility index (Phi) is 4.70. The van der Waals surface area contributed by atoms with Crippen LogP contribution in [0.5, 0.6) is 0 Å². The van der Waals surface area contributed by atoms with Gasteiger partial charge in [-0.2, -0.15) is 0 Å². The predicted molar refractivity (Wildman–Crippen MR) is 78.6 cm³/mol. The number of unbranched alkanes of at least 4 members (excludes halogenated alkanes) is 1. The van der Waals surface area contributed by atoms with E-state index in [1.165, 1.54) is 17.7 Å². The molecule has 2 rings (SSSR count). The largest absolute Gasteiger partial charge is 0.325 e. The van der Waals surface area contributed by atoms with Gasteiger partial charge in [0, 0.05) is 23.8 Å². The van der Waals surface area contributed by atoms with Crippen LogP contribution in [0.4, 0.5) is 11.6 Å². The van der Waals surface area contributed by atoms with E-state index in [-0.39, 0.29) is 0 Å². The summed E-state index contributed by atoms with van der Waals surface area (Å²) in [6.45, 7) is 3.22. The van der Waals surface area contributed by atoms with Crippen molar-refractivity contribution in [3.63, 3.8) is 0 Å². The molecule has 0 saturated heterocycles. The van der Waals surface area contributed by atoms with Crippen molar-refractivity contribution < 1.29 is 0 Å². The molecule has 0 fully saturated rings. The molecule has 0 aliphatic rings. The molecule has 18 heavy (non-hydrogen) atoms. The summed E-state index contributed by atoms with van der Waals surface area (Å²) < 4.78 is 2.17. The molecule has 0 amide bonds. The number of thioether (sulfide) groups is 1. The number of para-hydroxylation sites is 1. The van der Waals surface area contributed by atoms with Gasteiger partial charge in [-0.3, -0.25) is 0 Å². The van der Waals surface area contributed by atoms with Gasteiger partial charge in [0.2, 0.25) is 5.95 Å². The van der Waals surface area contributed by atoms with Crippen LogP contribution in [-0.2, 0) is 6.54 Å². The summed E-state index contributed by atoms with van der Waals surface area (Å²) in [7, 11) is 0. The summed E-state index contributed by atoms with van der Waals surface area (Å²) >= 11 is 1.74. The lowest BCUT2D eigenvalue weighted by atomic mass is 10.3. The van der Waals surface area contributed by atoms with Crippen LogP contribution in [0, 0.1) is 0 Å². The van der Waals surface area contributed by atoms with Crippen LogP contribution in [-0.4, -0.2) is 15.8 Å². The molecular formula is C14H19N3S. The fraction of sp³-hybridized carbons (Fsp3) is 0.357. The first-order valence-electron chi connectivity index (χ1n) is 6.26. The van der Waals surface area contributed by atoms with Crippen LogP contribution < -0.4 is 5.32 Å². The maximum atomic E-state index is 4.38. The van der Waals surface area contributed by atoms with E-state index in [1.807, 2.05) is 18.5 Å². The van der Waals surface area contributed by atoms with E-state index in [1.54, 1.807) is 11.8 Å². The lowest BCUT2D eigenvalue weighted by Gasteiger charge is -2.11. The molecule has 2 aromatic rings.